The van der Waals surface area contributed by atoms with Crippen molar-refractivity contribution in [3.05, 3.63) is 103 Å². The minimum absolute atomic E-state index is 0.222. The van der Waals surface area contributed by atoms with E-state index < -0.39 is 5.97 Å². The Morgan fingerprint density at radius 3 is 1.74 bits per heavy atom. The van der Waals surface area contributed by atoms with Gasteiger partial charge in [0.1, 0.15) is 0 Å². The third-order valence-electron chi connectivity index (χ3n) is 2.98. The average Bonchev–Trinajstić information content (AvgIpc) is 2.61. The van der Waals surface area contributed by atoms with Gasteiger partial charge in [-0.25, -0.2) is 0 Å². The molecule has 0 fully saturated rings. The number of carbonyl (C=O) groups is 1. The second-order valence-corrected chi connectivity index (χ2v) is 4.68. The minimum atomic E-state index is -0.745. The standard InChI is InChI=1S/C18H16.C3H6O2/c1-2-3-6-15-18(16-11-7-4-8-12-16)17-13-9-5-10-14-17;1-2-3(4)5/h2-15H,1H2;2H2,1H3,(H,4,5)/b6-3+;. The Morgan fingerprint density at radius 2 is 1.39 bits per heavy atom. The van der Waals surface area contributed by atoms with Crippen LogP contribution in [0.1, 0.15) is 24.5 Å². The summed E-state index contributed by atoms with van der Waals surface area (Å²) in [6, 6.07) is 20.8. The topological polar surface area (TPSA) is 37.3 Å². The molecule has 0 saturated carbocycles. The number of allylic oxidation sites excluding steroid dienone is 4. The van der Waals surface area contributed by atoms with E-state index in [4.69, 9.17) is 5.11 Å². The highest BCUT2D eigenvalue weighted by molar-refractivity contribution is 5.80. The fourth-order valence-corrected chi connectivity index (χ4v) is 1.82. The third-order valence-corrected chi connectivity index (χ3v) is 2.98. The van der Waals surface area contributed by atoms with Gasteiger partial charge < -0.3 is 5.11 Å². The Bertz CT molecular complexity index is 611. The molecule has 0 atom stereocenters. The summed E-state index contributed by atoms with van der Waals surface area (Å²) in [6.45, 7) is 5.29. The van der Waals surface area contributed by atoms with Crippen LogP contribution in [0.2, 0.25) is 0 Å². The molecular weight excluding hydrogens is 284 g/mol. The molecule has 2 aromatic rings. The first kappa shape index (κ1) is 18.2. The van der Waals surface area contributed by atoms with Crippen LogP contribution in [0.25, 0.3) is 5.57 Å². The highest BCUT2D eigenvalue weighted by Gasteiger charge is 2.02. The van der Waals surface area contributed by atoms with Crippen molar-refractivity contribution in [1.29, 1.82) is 0 Å². The molecule has 0 heterocycles. The molecule has 0 saturated heterocycles. The molecule has 2 rings (SSSR count). The first-order valence-corrected chi connectivity index (χ1v) is 7.51. The fourth-order valence-electron chi connectivity index (χ4n) is 1.82. The minimum Gasteiger partial charge on any atom is -0.481 e. The normalized spacial score (nSPS) is 9.61. The van der Waals surface area contributed by atoms with Crippen LogP contribution in [0.15, 0.2) is 91.5 Å². The zero-order valence-corrected chi connectivity index (χ0v) is 13.4. The second-order valence-electron chi connectivity index (χ2n) is 4.68. The lowest BCUT2D eigenvalue weighted by Crippen LogP contribution is -1.86. The molecule has 2 aromatic carbocycles. The molecule has 2 heteroatoms. The molecule has 0 amide bonds. The number of carboxylic acid groups (broad SMARTS) is 1. The maximum atomic E-state index is 9.37. The van der Waals surface area contributed by atoms with Gasteiger partial charge in [-0.1, -0.05) is 98.5 Å². The summed E-state index contributed by atoms with van der Waals surface area (Å²) < 4.78 is 0. The van der Waals surface area contributed by atoms with E-state index in [2.05, 4.69) is 61.2 Å². The quantitative estimate of drug-likeness (QED) is 0.757. The van der Waals surface area contributed by atoms with E-state index in [0.717, 1.165) is 0 Å². The third kappa shape index (κ3) is 7.09. The van der Waals surface area contributed by atoms with Gasteiger partial charge in [-0.2, -0.15) is 0 Å². The van der Waals surface area contributed by atoms with Crippen molar-refractivity contribution in [1.82, 2.24) is 0 Å². The van der Waals surface area contributed by atoms with E-state index in [1.54, 1.807) is 13.0 Å². The SMILES string of the molecule is C=C/C=C/C=C(c1ccccc1)c1ccccc1.CCC(=O)O. The number of hydrogen-bond donors (Lipinski definition) is 1. The van der Waals surface area contributed by atoms with Crippen molar-refractivity contribution in [2.45, 2.75) is 13.3 Å². The van der Waals surface area contributed by atoms with Crippen LogP contribution < -0.4 is 0 Å². The first-order chi connectivity index (χ1) is 11.2. The van der Waals surface area contributed by atoms with Gasteiger partial charge in [-0.3, -0.25) is 4.79 Å². The maximum Gasteiger partial charge on any atom is 0.303 e. The van der Waals surface area contributed by atoms with E-state index in [9.17, 15) is 4.79 Å². The summed E-state index contributed by atoms with van der Waals surface area (Å²) in [6.07, 6.45) is 8.07. The summed E-state index contributed by atoms with van der Waals surface area (Å²) >= 11 is 0. The summed E-state index contributed by atoms with van der Waals surface area (Å²) in [5.41, 5.74) is 3.66. The number of benzene rings is 2. The second kappa shape index (κ2) is 10.8. The number of aliphatic carboxylic acids is 1. The van der Waals surface area contributed by atoms with Gasteiger partial charge >= 0.3 is 5.97 Å². The largest absolute Gasteiger partial charge is 0.481 e. The number of hydrogen-bond acceptors (Lipinski definition) is 1. The number of rotatable bonds is 5. The lowest BCUT2D eigenvalue weighted by atomic mass is 9.97. The van der Waals surface area contributed by atoms with Crippen molar-refractivity contribution in [3.8, 4) is 0 Å². The number of carboxylic acids is 1. The summed E-state index contributed by atoms with van der Waals surface area (Å²) in [5.74, 6) is -0.745. The van der Waals surface area contributed by atoms with Gasteiger partial charge in [0.25, 0.3) is 0 Å². The smallest absolute Gasteiger partial charge is 0.303 e. The first-order valence-electron chi connectivity index (χ1n) is 7.51. The monoisotopic (exact) mass is 306 g/mol. The summed E-state index contributed by atoms with van der Waals surface area (Å²) in [5, 5.41) is 7.72. The Labute approximate surface area is 138 Å². The molecule has 0 radical (unpaired) electrons. The van der Waals surface area contributed by atoms with Gasteiger partial charge in [0.2, 0.25) is 0 Å². The van der Waals surface area contributed by atoms with Gasteiger partial charge in [0.15, 0.2) is 0 Å². The molecule has 0 aromatic heterocycles. The van der Waals surface area contributed by atoms with Crippen LogP contribution in [0.4, 0.5) is 0 Å². The van der Waals surface area contributed by atoms with Crippen molar-refractivity contribution >= 4 is 11.5 Å². The van der Waals surface area contributed by atoms with Crippen molar-refractivity contribution in [3.63, 3.8) is 0 Å². The Morgan fingerprint density at radius 1 is 0.957 bits per heavy atom. The van der Waals surface area contributed by atoms with Gasteiger partial charge in [0.05, 0.1) is 0 Å². The van der Waals surface area contributed by atoms with Crippen LogP contribution in [-0.4, -0.2) is 11.1 Å². The molecular formula is C21H22O2. The molecule has 2 nitrogen and oxygen atoms in total. The predicted molar refractivity (Wildman–Crippen MR) is 97.2 cm³/mol. The molecule has 0 spiro atoms. The van der Waals surface area contributed by atoms with Gasteiger partial charge in [-0.15, -0.1) is 0 Å². The molecule has 0 bridgehead atoms. The Kier molecular flexibility index (Phi) is 8.54. The molecule has 118 valence electrons. The zero-order chi connectivity index (χ0) is 16.9. The van der Waals surface area contributed by atoms with E-state index in [1.165, 1.54) is 16.7 Å². The summed E-state index contributed by atoms with van der Waals surface area (Å²) in [7, 11) is 0. The van der Waals surface area contributed by atoms with Gasteiger partial charge in [0, 0.05) is 6.42 Å². The van der Waals surface area contributed by atoms with Crippen LogP contribution in [0.5, 0.6) is 0 Å². The lowest BCUT2D eigenvalue weighted by molar-refractivity contribution is -0.136. The van der Waals surface area contributed by atoms with Crippen LogP contribution in [0.3, 0.4) is 0 Å². The Balaban J connectivity index is 0.000000463. The van der Waals surface area contributed by atoms with Crippen molar-refractivity contribution in [2.24, 2.45) is 0 Å². The van der Waals surface area contributed by atoms with Crippen LogP contribution >= 0.6 is 0 Å². The molecule has 23 heavy (non-hydrogen) atoms. The van der Waals surface area contributed by atoms with E-state index >= 15 is 0 Å². The average molecular weight is 306 g/mol. The highest BCUT2D eigenvalue weighted by atomic mass is 16.4. The summed E-state index contributed by atoms with van der Waals surface area (Å²) in [4.78, 5) is 9.37. The van der Waals surface area contributed by atoms with Crippen LogP contribution in [0, 0.1) is 0 Å². The molecule has 0 aliphatic rings. The maximum absolute atomic E-state index is 9.37. The molecule has 1 N–H and O–H groups in total. The van der Waals surface area contributed by atoms with E-state index in [-0.39, 0.29) is 6.42 Å². The van der Waals surface area contributed by atoms with E-state index in [0.29, 0.717) is 0 Å². The molecule has 0 unspecified atom stereocenters. The van der Waals surface area contributed by atoms with Gasteiger partial charge in [-0.05, 0) is 16.7 Å². The Hall–Kier alpha value is -2.87. The lowest BCUT2D eigenvalue weighted by Gasteiger charge is -2.07. The molecule has 0 aliphatic carbocycles. The van der Waals surface area contributed by atoms with Crippen molar-refractivity contribution in [2.75, 3.05) is 0 Å². The van der Waals surface area contributed by atoms with Crippen molar-refractivity contribution < 1.29 is 9.90 Å². The highest BCUT2D eigenvalue weighted by Crippen LogP contribution is 2.22. The zero-order valence-electron chi connectivity index (χ0n) is 13.4. The van der Waals surface area contributed by atoms with E-state index in [1.807, 2.05) is 24.3 Å². The molecule has 0 aliphatic heterocycles. The predicted octanol–water partition coefficient (Wildman–Crippen LogP) is 5.34. The fraction of sp³-hybridized carbons (Fsp3) is 0.0952. The van der Waals surface area contributed by atoms with Crippen LogP contribution in [-0.2, 0) is 4.79 Å².